The van der Waals surface area contributed by atoms with Gasteiger partial charge in [0.25, 0.3) is 0 Å². The van der Waals surface area contributed by atoms with Crippen LogP contribution in [-0.2, 0) is 16.6 Å². The van der Waals surface area contributed by atoms with Gasteiger partial charge < -0.3 is 14.6 Å². The lowest BCUT2D eigenvalue weighted by atomic mass is 9.89. The third-order valence-electron chi connectivity index (χ3n) is 3.33. The fourth-order valence-corrected chi connectivity index (χ4v) is 2.54. The van der Waals surface area contributed by atoms with Gasteiger partial charge in [0.15, 0.2) is 0 Å². The van der Waals surface area contributed by atoms with Gasteiger partial charge in [-0.1, -0.05) is 0 Å². The van der Waals surface area contributed by atoms with E-state index >= 15 is 0 Å². The summed E-state index contributed by atoms with van der Waals surface area (Å²) < 4.78 is 12.6. The van der Waals surface area contributed by atoms with Crippen LogP contribution in [0.25, 0.3) is 0 Å². The summed E-state index contributed by atoms with van der Waals surface area (Å²) in [6.07, 6.45) is 0.923. The molecule has 2 rings (SSSR count). The minimum atomic E-state index is -0.829. The van der Waals surface area contributed by atoms with Gasteiger partial charge in [0, 0.05) is 13.7 Å². The molecule has 1 aromatic rings. The van der Waals surface area contributed by atoms with E-state index in [2.05, 4.69) is 5.10 Å². The Morgan fingerprint density at radius 2 is 2.33 bits per heavy atom. The molecule has 6 nitrogen and oxygen atoms in total. The fourth-order valence-electron chi connectivity index (χ4n) is 2.54. The van der Waals surface area contributed by atoms with Crippen molar-refractivity contribution in [2.45, 2.75) is 25.9 Å². The monoisotopic (exact) mass is 254 g/mol. The number of rotatable bonds is 3. The predicted octanol–water partition coefficient (Wildman–Crippen LogP) is 1.29. The lowest BCUT2D eigenvalue weighted by Gasteiger charge is -2.29. The van der Waals surface area contributed by atoms with E-state index in [9.17, 15) is 9.90 Å². The van der Waals surface area contributed by atoms with Crippen molar-refractivity contribution in [2.75, 3.05) is 13.7 Å². The highest BCUT2D eigenvalue weighted by Crippen LogP contribution is 2.39. The first-order chi connectivity index (χ1) is 8.56. The Hall–Kier alpha value is -1.56. The molecular weight excluding hydrogens is 236 g/mol. The molecule has 0 spiro atoms. The topological polar surface area (TPSA) is 73.6 Å². The van der Waals surface area contributed by atoms with Crippen LogP contribution in [0, 0.1) is 12.8 Å². The van der Waals surface area contributed by atoms with E-state index < -0.39 is 18.0 Å². The van der Waals surface area contributed by atoms with Crippen LogP contribution in [0.1, 0.15) is 30.2 Å². The van der Waals surface area contributed by atoms with Crippen molar-refractivity contribution in [1.82, 2.24) is 9.78 Å². The largest absolute Gasteiger partial charge is 0.481 e. The number of nitrogens with zero attached hydrogens (tertiary/aromatic N) is 2. The second kappa shape index (κ2) is 4.97. The number of hydrogen-bond donors (Lipinski definition) is 1. The normalized spacial score (nSPS) is 23.9. The maximum absolute atomic E-state index is 11.3. The summed E-state index contributed by atoms with van der Waals surface area (Å²) in [6, 6.07) is 0. The molecule has 1 N–H and O–H groups in total. The summed E-state index contributed by atoms with van der Waals surface area (Å²) >= 11 is 0. The third kappa shape index (κ3) is 2.08. The van der Waals surface area contributed by atoms with Crippen molar-refractivity contribution in [3.63, 3.8) is 0 Å². The van der Waals surface area contributed by atoms with Gasteiger partial charge in [0.1, 0.15) is 6.10 Å². The van der Waals surface area contributed by atoms with E-state index in [0.29, 0.717) is 18.9 Å². The number of aromatic nitrogens is 2. The highest BCUT2D eigenvalue weighted by molar-refractivity contribution is 5.71. The number of carboxylic acid groups (broad SMARTS) is 1. The van der Waals surface area contributed by atoms with Crippen LogP contribution in [0.3, 0.4) is 0 Å². The van der Waals surface area contributed by atoms with Gasteiger partial charge in [0.2, 0.25) is 5.88 Å². The number of aryl methyl sites for hydroxylation is 2. The van der Waals surface area contributed by atoms with Crippen LogP contribution < -0.4 is 4.74 Å². The molecule has 2 unspecified atom stereocenters. The van der Waals surface area contributed by atoms with Crippen molar-refractivity contribution < 1.29 is 19.4 Å². The van der Waals surface area contributed by atoms with Crippen LogP contribution in [0.5, 0.6) is 5.88 Å². The first kappa shape index (κ1) is 12.9. The first-order valence-corrected chi connectivity index (χ1v) is 5.98. The summed E-state index contributed by atoms with van der Waals surface area (Å²) in [5.74, 6) is -0.786. The van der Waals surface area contributed by atoms with Crippen molar-refractivity contribution in [1.29, 1.82) is 0 Å². The zero-order valence-electron chi connectivity index (χ0n) is 10.8. The average Bonchev–Trinajstić information content (AvgIpc) is 2.63. The molecule has 6 heteroatoms. The van der Waals surface area contributed by atoms with Crippen LogP contribution in [0.4, 0.5) is 0 Å². The van der Waals surface area contributed by atoms with E-state index in [1.54, 1.807) is 18.8 Å². The summed E-state index contributed by atoms with van der Waals surface area (Å²) in [4.78, 5) is 11.3. The lowest BCUT2D eigenvalue weighted by molar-refractivity contribution is -0.152. The molecule has 1 fully saturated rings. The maximum Gasteiger partial charge on any atom is 0.309 e. The van der Waals surface area contributed by atoms with Crippen molar-refractivity contribution in [3.8, 4) is 5.88 Å². The molecule has 1 aliphatic heterocycles. The van der Waals surface area contributed by atoms with Crippen LogP contribution in [0.15, 0.2) is 0 Å². The zero-order valence-corrected chi connectivity index (χ0v) is 10.8. The van der Waals surface area contributed by atoms with E-state index in [0.717, 1.165) is 17.7 Å². The Kier molecular flexibility index (Phi) is 3.56. The second-order valence-corrected chi connectivity index (χ2v) is 4.51. The number of methoxy groups -OCH3 is 1. The number of carbonyl (C=O) groups is 1. The molecule has 2 heterocycles. The van der Waals surface area contributed by atoms with E-state index in [1.165, 1.54) is 0 Å². The number of carboxylic acids is 1. The van der Waals surface area contributed by atoms with Gasteiger partial charge in [-0.2, -0.15) is 5.10 Å². The van der Waals surface area contributed by atoms with Crippen LogP contribution in [0.2, 0.25) is 0 Å². The Morgan fingerprint density at radius 3 is 2.94 bits per heavy atom. The molecule has 1 saturated heterocycles. The SMILES string of the molecule is COc1c(C2OCCCC2C(=O)O)c(C)nn1C. The quantitative estimate of drug-likeness (QED) is 0.879. The molecule has 0 saturated carbocycles. The second-order valence-electron chi connectivity index (χ2n) is 4.51. The van der Waals surface area contributed by atoms with Crippen molar-refractivity contribution in [2.24, 2.45) is 13.0 Å². The first-order valence-electron chi connectivity index (χ1n) is 5.98. The van der Waals surface area contributed by atoms with Gasteiger partial charge in [-0.3, -0.25) is 4.79 Å². The smallest absolute Gasteiger partial charge is 0.309 e. The molecule has 2 atom stereocenters. The zero-order chi connectivity index (χ0) is 13.3. The standard InChI is InChI=1S/C12H18N2O4/c1-7-9(11(17-3)14(2)13-7)10-8(12(15)16)5-4-6-18-10/h8,10H,4-6H2,1-3H3,(H,15,16). The van der Waals surface area contributed by atoms with E-state index in [-0.39, 0.29) is 0 Å². The molecule has 18 heavy (non-hydrogen) atoms. The van der Waals surface area contributed by atoms with Crippen LogP contribution >= 0.6 is 0 Å². The van der Waals surface area contributed by atoms with Gasteiger partial charge in [-0.25, -0.2) is 4.68 Å². The Labute approximate surface area is 106 Å². The van der Waals surface area contributed by atoms with Crippen LogP contribution in [-0.4, -0.2) is 34.6 Å². The Morgan fingerprint density at radius 1 is 1.61 bits per heavy atom. The summed E-state index contributed by atoms with van der Waals surface area (Å²) in [7, 11) is 3.33. The highest BCUT2D eigenvalue weighted by Gasteiger charge is 2.37. The minimum Gasteiger partial charge on any atom is -0.481 e. The fraction of sp³-hybridized carbons (Fsp3) is 0.667. The summed E-state index contributed by atoms with van der Waals surface area (Å²) in [5.41, 5.74) is 1.51. The molecule has 0 radical (unpaired) electrons. The van der Waals surface area contributed by atoms with Gasteiger partial charge in [-0.05, 0) is 19.8 Å². The molecular formula is C12H18N2O4. The molecule has 1 aromatic heterocycles. The predicted molar refractivity (Wildman–Crippen MR) is 63.5 cm³/mol. The average molecular weight is 254 g/mol. The Balaban J connectivity index is 2.42. The lowest BCUT2D eigenvalue weighted by Crippen LogP contribution is -2.29. The number of ether oxygens (including phenoxy) is 2. The number of aliphatic carboxylic acids is 1. The molecule has 0 amide bonds. The third-order valence-corrected chi connectivity index (χ3v) is 3.33. The van der Waals surface area contributed by atoms with Gasteiger partial charge >= 0.3 is 5.97 Å². The molecule has 0 aromatic carbocycles. The van der Waals surface area contributed by atoms with E-state index in [4.69, 9.17) is 9.47 Å². The summed E-state index contributed by atoms with van der Waals surface area (Å²) in [6.45, 7) is 2.42. The van der Waals surface area contributed by atoms with Gasteiger partial charge in [0.05, 0.1) is 24.3 Å². The minimum absolute atomic E-state index is 0.472. The molecule has 1 aliphatic rings. The Bertz CT molecular complexity index is 455. The molecule has 0 aliphatic carbocycles. The molecule has 100 valence electrons. The van der Waals surface area contributed by atoms with Crippen molar-refractivity contribution in [3.05, 3.63) is 11.3 Å². The van der Waals surface area contributed by atoms with Gasteiger partial charge in [-0.15, -0.1) is 0 Å². The van der Waals surface area contributed by atoms with Crippen molar-refractivity contribution >= 4 is 5.97 Å². The number of hydrogen-bond acceptors (Lipinski definition) is 4. The maximum atomic E-state index is 11.3. The summed E-state index contributed by atoms with van der Waals surface area (Å²) in [5, 5.41) is 13.6. The van der Waals surface area contributed by atoms with E-state index in [1.807, 2.05) is 6.92 Å². The highest BCUT2D eigenvalue weighted by atomic mass is 16.5. The molecule has 0 bridgehead atoms.